The van der Waals surface area contributed by atoms with Crippen molar-refractivity contribution in [2.24, 2.45) is 11.1 Å². The SMILES string of the molecule is Cl.NCC1(CC(=O)Nc2ccc3c(c2)CCC(=O)N3)CCCCC1. The largest absolute Gasteiger partial charge is 0.330 e. The summed E-state index contributed by atoms with van der Waals surface area (Å²) in [6.45, 7) is 0.580. The van der Waals surface area contributed by atoms with Crippen molar-refractivity contribution in [1.82, 2.24) is 0 Å². The maximum absolute atomic E-state index is 12.4. The molecule has 0 radical (unpaired) electrons. The highest BCUT2D eigenvalue weighted by Gasteiger charge is 2.33. The van der Waals surface area contributed by atoms with Crippen molar-refractivity contribution >= 4 is 35.6 Å². The molecule has 4 N–H and O–H groups in total. The lowest BCUT2D eigenvalue weighted by Crippen LogP contribution is -2.36. The van der Waals surface area contributed by atoms with E-state index < -0.39 is 0 Å². The molecule has 5 nitrogen and oxygen atoms in total. The predicted octanol–water partition coefficient (Wildman–Crippen LogP) is 3.23. The molecule has 132 valence electrons. The van der Waals surface area contributed by atoms with Crippen LogP contribution in [0.15, 0.2) is 18.2 Å². The predicted molar refractivity (Wildman–Crippen MR) is 98.5 cm³/mol. The second-order valence-corrected chi connectivity index (χ2v) is 6.91. The highest BCUT2D eigenvalue weighted by atomic mass is 35.5. The molecule has 1 aliphatic carbocycles. The molecule has 1 heterocycles. The van der Waals surface area contributed by atoms with E-state index in [4.69, 9.17) is 5.73 Å². The fourth-order valence-electron chi connectivity index (χ4n) is 3.76. The number of halogens is 1. The van der Waals surface area contributed by atoms with Crippen LogP contribution in [0.2, 0.25) is 0 Å². The van der Waals surface area contributed by atoms with E-state index in [9.17, 15) is 9.59 Å². The lowest BCUT2D eigenvalue weighted by molar-refractivity contribution is -0.119. The number of rotatable bonds is 4. The number of carbonyl (C=O) groups excluding carboxylic acids is 2. The molecule has 1 aromatic carbocycles. The average Bonchev–Trinajstić information content (AvgIpc) is 2.55. The van der Waals surface area contributed by atoms with Gasteiger partial charge in [0.05, 0.1) is 0 Å². The van der Waals surface area contributed by atoms with Gasteiger partial charge < -0.3 is 16.4 Å². The van der Waals surface area contributed by atoms with Gasteiger partial charge in [0.1, 0.15) is 0 Å². The number of amides is 2. The van der Waals surface area contributed by atoms with Gasteiger partial charge in [-0.15, -0.1) is 12.4 Å². The Morgan fingerprint density at radius 3 is 2.67 bits per heavy atom. The van der Waals surface area contributed by atoms with Gasteiger partial charge >= 0.3 is 0 Å². The Bertz CT molecular complexity index is 612. The van der Waals surface area contributed by atoms with Crippen LogP contribution in [0.25, 0.3) is 0 Å². The molecule has 6 heteroatoms. The molecule has 0 saturated heterocycles. The molecule has 0 atom stereocenters. The van der Waals surface area contributed by atoms with Crippen molar-refractivity contribution in [1.29, 1.82) is 0 Å². The molecular weight excluding hydrogens is 326 g/mol. The van der Waals surface area contributed by atoms with Crippen LogP contribution in [-0.4, -0.2) is 18.4 Å². The maximum atomic E-state index is 12.4. The number of carbonyl (C=O) groups is 2. The van der Waals surface area contributed by atoms with Crippen molar-refractivity contribution in [3.63, 3.8) is 0 Å². The van der Waals surface area contributed by atoms with Gasteiger partial charge in [-0.3, -0.25) is 9.59 Å². The normalized spacial score (nSPS) is 18.8. The lowest BCUT2D eigenvalue weighted by Gasteiger charge is -2.35. The molecule has 1 saturated carbocycles. The zero-order valence-electron chi connectivity index (χ0n) is 13.9. The molecule has 0 bridgehead atoms. The van der Waals surface area contributed by atoms with Gasteiger partial charge in [0.25, 0.3) is 0 Å². The molecule has 1 aromatic rings. The van der Waals surface area contributed by atoms with Gasteiger partial charge in [-0.1, -0.05) is 19.3 Å². The van der Waals surface area contributed by atoms with Gasteiger partial charge in [-0.05, 0) is 55.0 Å². The molecule has 1 fully saturated rings. The summed E-state index contributed by atoms with van der Waals surface area (Å²) in [6.07, 6.45) is 7.40. The number of fused-ring (bicyclic) bond motifs is 1. The number of anilines is 2. The summed E-state index contributed by atoms with van der Waals surface area (Å²) in [7, 11) is 0. The number of hydrogen-bond acceptors (Lipinski definition) is 3. The minimum atomic E-state index is -0.0233. The maximum Gasteiger partial charge on any atom is 0.224 e. The first kappa shape index (κ1) is 18.7. The number of aryl methyl sites for hydroxylation is 1. The second-order valence-electron chi connectivity index (χ2n) is 6.91. The Hall–Kier alpha value is -1.59. The van der Waals surface area contributed by atoms with E-state index in [-0.39, 0.29) is 29.6 Å². The van der Waals surface area contributed by atoms with E-state index in [0.29, 0.717) is 19.4 Å². The molecule has 2 aliphatic rings. The van der Waals surface area contributed by atoms with Gasteiger partial charge in [0.15, 0.2) is 0 Å². The highest BCUT2D eigenvalue weighted by Crippen LogP contribution is 2.38. The Kier molecular flexibility index (Phi) is 6.24. The Morgan fingerprint density at radius 2 is 1.96 bits per heavy atom. The molecule has 0 aromatic heterocycles. The first-order valence-electron chi connectivity index (χ1n) is 8.53. The van der Waals surface area contributed by atoms with E-state index in [1.165, 1.54) is 19.3 Å². The summed E-state index contributed by atoms with van der Waals surface area (Å²) >= 11 is 0. The fraction of sp³-hybridized carbons (Fsp3) is 0.556. The third-order valence-electron chi connectivity index (χ3n) is 5.17. The summed E-state index contributed by atoms with van der Waals surface area (Å²) < 4.78 is 0. The number of nitrogens with two attached hydrogens (primary N) is 1. The Balaban J connectivity index is 0.00000208. The van der Waals surface area contributed by atoms with Crippen LogP contribution < -0.4 is 16.4 Å². The zero-order chi connectivity index (χ0) is 16.3. The zero-order valence-corrected chi connectivity index (χ0v) is 14.7. The van der Waals surface area contributed by atoms with Gasteiger partial charge in [-0.25, -0.2) is 0 Å². The van der Waals surface area contributed by atoms with Crippen LogP contribution in [-0.2, 0) is 16.0 Å². The average molecular weight is 352 g/mol. The topological polar surface area (TPSA) is 84.2 Å². The third-order valence-corrected chi connectivity index (χ3v) is 5.17. The standard InChI is InChI=1S/C18H25N3O2.ClH/c19-12-18(8-2-1-3-9-18)11-17(23)20-14-5-6-15-13(10-14)4-7-16(22)21-15;/h5-6,10H,1-4,7-9,11-12,19H2,(H,20,23)(H,21,22);1H. The first-order chi connectivity index (χ1) is 11.1. The smallest absolute Gasteiger partial charge is 0.224 e. The third kappa shape index (κ3) is 4.28. The summed E-state index contributed by atoms with van der Waals surface area (Å²) in [4.78, 5) is 23.8. The summed E-state index contributed by atoms with van der Waals surface area (Å²) in [5, 5.41) is 5.86. The summed E-state index contributed by atoms with van der Waals surface area (Å²) in [6, 6.07) is 5.67. The molecule has 0 unspecified atom stereocenters. The van der Waals surface area contributed by atoms with Gasteiger partial charge in [-0.2, -0.15) is 0 Å². The minimum absolute atomic E-state index is 0. The van der Waals surface area contributed by atoms with Crippen molar-refractivity contribution in [3.05, 3.63) is 23.8 Å². The Morgan fingerprint density at radius 1 is 1.21 bits per heavy atom. The van der Waals surface area contributed by atoms with Gasteiger partial charge in [0, 0.05) is 24.2 Å². The molecule has 2 amide bonds. The molecular formula is C18H26ClN3O2. The minimum Gasteiger partial charge on any atom is -0.330 e. The van der Waals surface area contributed by atoms with E-state index in [2.05, 4.69) is 10.6 Å². The van der Waals surface area contributed by atoms with Gasteiger partial charge in [0.2, 0.25) is 11.8 Å². The van der Waals surface area contributed by atoms with Crippen molar-refractivity contribution in [2.45, 2.75) is 51.4 Å². The molecule has 1 aliphatic heterocycles. The summed E-state index contributed by atoms with van der Waals surface area (Å²) in [5.41, 5.74) is 8.67. The molecule has 3 rings (SSSR count). The van der Waals surface area contributed by atoms with Crippen LogP contribution in [0, 0.1) is 5.41 Å². The number of nitrogens with one attached hydrogen (secondary N) is 2. The van der Waals surface area contributed by atoms with Crippen LogP contribution in [0.4, 0.5) is 11.4 Å². The monoisotopic (exact) mass is 351 g/mol. The first-order valence-corrected chi connectivity index (χ1v) is 8.53. The summed E-state index contributed by atoms with van der Waals surface area (Å²) in [5.74, 6) is 0.0913. The van der Waals surface area contributed by atoms with E-state index in [1.807, 2.05) is 18.2 Å². The fourth-order valence-corrected chi connectivity index (χ4v) is 3.76. The van der Waals surface area contributed by atoms with Crippen LogP contribution in [0.3, 0.4) is 0 Å². The Labute approximate surface area is 149 Å². The van der Waals surface area contributed by atoms with E-state index in [0.717, 1.165) is 36.2 Å². The number of hydrogen-bond donors (Lipinski definition) is 3. The molecule has 0 spiro atoms. The van der Waals surface area contributed by atoms with Crippen molar-refractivity contribution in [2.75, 3.05) is 17.2 Å². The quantitative estimate of drug-likeness (QED) is 0.778. The van der Waals surface area contributed by atoms with Crippen LogP contribution in [0.5, 0.6) is 0 Å². The van der Waals surface area contributed by atoms with E-state index in [1.54, 1.807) is 0 Å². The van der Waals surface area contributed by atoms with Crippen molar-refractivity contribution < 1.29 is 9.59 Å². The highest BCUT2D eigenvalue weighted by molar-refractivity contribution is 5.95. The van der Waals surface area contributed by atoms with Crippen LogP contribution >= 0.6 is 12.4 Å². The second kappa shape index (κ2) is 7.99. The molecule has 24 heavy (non-hydrogen) atoms. The number of benzene rings is 1. The van der Waals surface area contributed by atoms with Crippen molar-refractivity contribution in [3.8, 4) is 0 Å². The lowest BCUT2D eigenvalue weighted by atomic mass is 9.71. The van der Waals surface area contributed by atoms with Crippen LogP contribution in [0.1, 0.15) is 50.5 Å². The van der Waals surface area contributed by atoms with E-state index >= 15 is 0 Å².